The van der Waals surface area contributed by atoms with E-state index in [1.165, 1.54) is 49.5 Å². The Bertz CT molecular complexity index is 1810. The first-order chi connectivity index (χ1) is 25.3. The molecule has 0 saturated heterocycles. The number of benzene rings is 1. The first-order valence-electron chi connectivity index (χ1n) is 21.4. The normalized spacial score (nSPS) is 40.7. The second-order valence-electron chi connectivity index (χ2n) is 19.8. The van der Waals surface area contributed by atoms with Gasteiger partial charge < -0.3 is 10.4 Å². The molecule has 1 aromatic carbocycles. The Hall–Kier alpha value is -2.86. The third-order valence-corrected chi connectivity index (χ3v) is 17.2. The Morgan fingerprint density at radius 3 is 2.40 bits per heavy atom. The van der Waals surface area contributed by atoms with Gasteiger partial charge in [0, 0.05) is 36.1 Å². The van der Waals surface area contributed by atoms with Crippen LogP contribution in [0.3, 0.4) is 0 Å². The molecule has 6 aliphatic rings. The molecule has 12 atom stereocenters. The number of rotatable bonds is 10. The van der Waals surface area contributed by atoms with Crippen molar-refractivity contribution < 1.29 is 19.5 Å². The highest BCUT2D eigenvalue weighted by molar-refractivity contribution is 6.00. The number of nitrogens with one attached hydrogen (secondary N) is 1. The van der Waals surface area contributed by atoms with Crippen molar-refractivity contribution in [2.45, 2.75) is 125 Å². The van der Waals surface area contributed by atoms with Gasteiger partial charge >= 0.3 is 5.97 Å². The van der Waals surface area contributed by atoms with Gasteiger partial charge in [0.2, 0.25) is 0 Å². The largest absolute Gasteiger partial charge is 0.481 e. The molecule has 6 nitrogen and oxygen atoms in total. The fourth-order valence-corrected chi connectivity index (χ4v) is 14.4. The standard InChI is InChI=1S/C47H64N2O4/c1-27(2)42-40(51)25-47(21-22-48-26-32-12-11-30-9-7-8-10-38(30)49-32)20-17-37-33(43(42)47)13-14-41-45(5)18-15-31(28(3)36(45)16-19-46(37,41)6)23-39(50)34-24-35(29(34)4)44(52)53/h7-12,27-29,31,33-37,41,48H,13-26H2,1-6H3,(H,52,53). The predicted molar refractivity (Wildman–Crippen MR) is 210 cm³/mol. The third kappa shape index (κ3) is 5.98. The van der Waals surface area contributed by atoms with E-state index in [1.54, 1.807) is 5.57 Å². The van der Waals surface area contributed by atoms with E-state index in [9.17, 15) is 19.5 Å². The maximum absolute atomic E-state index is 14.0. The Balaban J connectivity index is 0.967. The molecule has 6 heteroatoms. The zero-order valence-electron chi connectivity index (χ0n) is 33.3. The Morgan fingerprint density at radius 1 is 0.906 bits per heavy atom. The van der Waals surface area contributed by atoms with Crippen molar-refractivity contribution in [1.29, 1.82) is 0 Å². The van der Waals surface area contributed by atoms with Crippen LogP contribution in [0.15, 0.2) is 47.5 Å². The van der Waals surface area contributed by atoms with Gasteiger partial charge in [-0.3, -0.25) is 19.4 Å². The number of Topliss-reactive ketones (excluding diaryl/α,β-unsaturated/α-hetero) is 2. The molecule has 1 heterocycles. The van der Waals surface area contributed by atoms with E-state index in [0.29, 0.717) is 66.3 Å². The summed E-state index contributed by atoms with van der Waals surface area (Å²) in [4.78, 5) is 43.9. The molecule has 0 spiro atoms. The summed E-state index contributed by atoms with van der Waals surface area (Å²) < 4.78 is 0. The molecule has 6 aliphatic carbocycles. The number of aromatic nitrogens is 1. The zero-order chi connectivity index (χ0) is 37.4. The molecule has 0 aliphatic heterocycles. The summed E-state index contributed by atoms with van der Waals surface area (Å²) in [6, 6.07) is 12.6. The second-order valence-corrected chi connectivity index (χ2v) is 19.8. The summed E-state index contributed by atoms with van der Waals surface area (Å²) in [5, 5.41) is 14.4. The van der Waals surface area contributed by atoms with Crippen molar-refractivity contribution in [2.24, 2.45) is 75.4 Å². The minimum atomic E-state index is -0.745. The van der Waals surface area contributed by atoms with Gasteiger partial charge in [-0.1, -0.05) is 71.4 Å². The van der Waals surface area contributed by atoms with Crippen LogP contribution in [0.1, 0.15) is 124 Å². The molecule has 0 bridgehead atoms. The third-order valence-electron chi connectivity index (χ3n) is 17.2. The van der Waals surface area contributed by atoms with Gasteiger partial charge in [0.25, 0.3) is 0 Å². The van der Waals surface area contributed by atoms with Gasteiger partial charge in [0.05, 0.1) is 17.1 Å². The number of ketones is 2. The van der Waals surface area contributed by atoms with Gasteiger partial charge in [-0.2, -0.15) is 0 Å². The molecule has 5 saturated carbocycles. The van der Waals surface area contributed by atoms with Crippen molar-refractivity contribution in [2.75, 3.05) is 6.54 Å². The molecule has 0 amide bonds. The van der Waals surface area contributed by atoms with Crippen molar-refractivity contribution in [3.8, 4) is 0 Å². The first kappa shape index (κ1) is 37.1. The number of nitrogens with zero attached hydrogens (tertiary/aromatic N) is 1. The van der Waals surface area contributed by atoms with Gasteiger partial charge in [-0.05, 0) is 147 Å². The first-order valence-corrected chi connectivity index (χ1v) is 21.4. The summed E-state index contributed by atoms with van der Waals surface area (Å²) in [6.07, 6.45) is 12.5. The molecular formula is C47H64N2O4. The lowest BCUT2D eigenvalue weighted by atomic mass is 9.37. The van der Waals surface area contributed by atoms with Gasteiger partial charge in [-0.15, -0.1) is 0 Å². The quantitative estimate of drug-likeness (QED) is 0.237. The van der Waals surface area contributed by atoms with E-state index in [-0.39, 0.29) is 39.9 Å². The molecule has 8 rings (SSSR count). The minimum absolute atomic E-state index is 0.00645. The van der Waals surface area contributed by atoms with E-state index in [2.05, 4.69) is 70.3 Å². The van der Waals surface area contributed by atoms with Crippen molar-refractivity contribution in [3.05, 3.63) is 53.2 Å². The Kier molecular flexibility index (Phi) is 9.59. The summed E-state index contributed by atoms with van der Waals surface area (Å²) in [6.45, 7) is 15.8. The number of aliphatic carboxylic acids is 1. The van der Waals surface area contributed by atoms with E-state index in [4.69, 9.17) is 4.98 Å². The van der Waals surface area contributed by atoms with E-state index in [0.717, 1.165) is 43.6 Å². The number of para-hydroxylation sites is 1. The number of hydrogen-bond donors (Lipinski definition) is 2. The molecule has 286 valence electrons. The number of allylic oxidation sites excluding steroid dienone is 2. The molecule has 53 heavy (non-hydrogen) atoms. The SMILES string of the molecule is CC(C)C1=C2C3CCC4C(C)(CCC5C(C)C(CC(=O)C6CC(C(=O)O)C6C)CCC54C)C3CCC2(CCNCc2ccc3ccccc3n2)CC1=O. The maximum Gasteiger partial charge on any atom is 0.306 e. The fourth-order valence-electron chi connectivity index (χ4n) is 14.4. The van der Waals surface area contributed by atoms with Gasteiger partial charge in [0.15, 0.2) is 5.78 Å². The summed E-state index contributed by atoms with van der Waals surface area (Å²) in [7, 11) is 0. The topological polar surface area (TPSA) is 96.4 Å². The van der Waals surface area contributed by atoms with Crippen LogP contribution in [0.5, 0.6) is 0 Å². The molecule has 0 radical (unpaired) electrons. The lowest BCUT2D eigenvalue weighted by Gasteiger charge is -2.67. The molecule has 1 aromatic heterocycles. The van der Waals surface area contributed by atoms with Crippen molar-refractivity contribution >= 4 is 28.4 Å². The van der Waals surface area contributed by atoms with Crippen LogP contribution in [0.2, 0.25) is 0 Å². The molecule has 2 aromatic rings. The number of pyridine rings is 1. The van der Waals surface area contributed by atoms with Gasteiger partial charge in [-0.25, -0.2) is 0 Å². The van der Waals surface area contributed by atoms with Crippen LogP contribution in [0, 0.1) is 75.4 Å². The maximum atomic E-state index is 14.0. The van der Waals surface area contributed by atoms with E-state index < -0.39 is 5.97 Å². The van der Waals surface area contributed by atoms with E-state index in [1.807, 2.05) is 13.0 Å². The Labute approximate surface area is 317 Å². The minimum Gasteiger partial charge on any atom is -0.481 e. The average molecular weight is 721 g/mol. The highest BCUT2D eigenvalue weighted by atomic mass is 16.4. The van der Waals surface area contributed by atoms with Crippen molar-refractivity contribution in [1.82, 2.24) is 10.3 Å². The Morgan fingerprint density at radius 2 is 1.64 bits per heavy atom. The number of carbonyl (C=O) groups is 3. The predicted octanol–water partition coefficient (Wildman–Crippen LogP) is 9.85. The average Bonchev–Trinajstić information content (AvgIpc) is 3.42. The van der Waals surface area contributed by atoms with Crippen LogP contribution in [0.25, 0.3) is 10.9 Å². The van der Waals surface area contributed by atoms with Crippen LogP contribution in [0.4, 0.5) is 0 Å². The fraction of sp³-hybridized carbons (Fsp3) is 0.702. The summed E-state index contributed by atoms with van der Waals surface area (Å²) in [5.74, 6) is 3.22. The number of carboxylic acids is 1. The zero-order valence-corrected chi connectivity index (χ0v) is 33.3. The van der Waals surface area contributed by atoms with Gasteiger partial charge in [0.1, 0.15) is 5.78 Å². The lowest BCUT2D eigenvalue weighted by Crippen LogP contribution is -2.60. The van der Waals surface area contributed by atoms with Crippen molar-refractivity contribution in [3.63, 3.8) is 0 Å². The number of hydrogen-bond acceptors (Lipinski definition) is 5. The molecule has 12 unspecified atom stereocenters. The van der Waals surface area contributed by atoms with Crippen LogP contribution < -0.4 is 5.32 Å². The van der Waals surface area contributed by atoms with Crippen LogP contribution >= 0.6 is 0 Å². The van der Waals surface area contributed by atoms with Crippen LogP contribution in [-0.4, -0.2) is 34.2 Å². The smallest absolute Gasteiger partial charge is 0.306 e. The molecule has 5 fully saturated rings. The number of fused-ring (bicyclic) bond motifs is 8. The summed E-state index contributed by atoms with van der Waals surface area (Å²) in [5.41, 5.74) is 5.43. The molecular weight excluding hydrogens is 657 g/mol. The lowest BCUT2D eigenvalue weighted by molar-refractivity contribution is -0.172. The highest BCUT2D eigenvalue weighted by Gasteiger charge is 2.64. The highest BCUT2D eigenvalue weighted by Crippen LogP contribution is 2.72. The molecule has 2 N–H and O–H groups in total. The number of carbonyl (C=O) groups excluding carboxylic acids is 2. The van der Waals surface area contributed by atoms with Crippen LogP contribution in [-0.2, 0) is 20.9 Å². The summed E-state index contributed by atoms with van der Waals surface area (Å²) >= 11 is 0. The van der Waals surface area contributed by atoms with E-state index >= 15 is 0 Å². The second kappa shape index (κ2) is 13.7. The number of carboxylic acid groups (broad SMARTS) is 1. The monoisotopic (exact) mass is 720 g/mol.